The van der Waals surface area contributed by atoms with E-state index in [2.05, 4.69) is 44.8 Å². The van der Waals surface area contributed by atoms with Crippen LogP contribution in [0.4, 0.5) is 5.95 Å². The standard InChI is InChI=1S/C17H20N4O2S/c22-8-9-24-16-19-15(20-21-16)18-14(23)13-10-17(13)7-3-5-11-4-1-2-6-12(11)17/h1-2,4,6,13,22H,3,5,7-10H2,(H2,18,19,20,21,23)/t13-,17+/m1/s1. The van der Waals surface area contributed by atoms with Crippen LogP contribution in [0.25, 0.3) is 0 Å². The van der Waals surface area contributed by atoms with Gasteiger partial charge in [0, 0.05) is 17.1 Å². The first-order chi connectivity index (χ1) is 11.7. The van der Waals surface area contributed by atoms with Crippen LogP contribution in [0.1, 0.15) is 30.4 Å². The van der Waals surface area contributed by atoms with Crippen LogP contribution in [0.5, 0.6) is 0 Å². The van der Waals surface area contributed by atoms with Crippen LogP contribution in [-0.4, -0.2) is 38.6 Å². The Balaban J connectivity index is 1.45. The Kier molecular flexibility index (Phi) is 4.05. The van der Waals surface area contributed by atoms with Crippen molar-refractivity contribution in [2.75, 3.05) is 17.7 Å². The number of aliphatic hydroxyl groups excluding tert-OH is 1. The van der Waals surface area contributed by atoms with Crippen molar-refractivity contribution >= 4 is 23.6 Å². The van der Waals surface area contributed by atoms with Crippen LogP contribution >= 0.6 is 11.8 Å². The monoisotopic (exact) mass is 344 g/mol. The van der Waals surface area contributed by atoms with Crippen molar-refractivity contribution in [3.63, 3.8) is 0 Å². The third-order valence-corrected chi connectivity index (χ3v) is 5.87. The average molecular weight is 344 g/mol. The zero-order chi connectivity index (χ0) is 16.6. The number of nitrogens with one attached hydrogen (secondary N) is 2. The van der Waals surface area contributed by atoms with E-state index in [9.17, 15) is 4.79 Å². The van der Waals surface area contributed by atoms with Crippen molar-refractivity contribution in [1.29, 1.82) is 0 Å². The number of rotatable bonds is 5. The van der Waals surface area contributed by atoms with E-state index in [-0.39, 0.29) is 23.8 Å². The number of aromatic amines is 1. The van der Waals surface area contributed by atoms with E-state index in [0.29, 0.717) is 16.9 Å². The van der Waals surface area contributed by atoms with Crippen LogP contribution in [0.2, 0.25) is 0 Å². The van der Waals surface area contributed by atoms with Crippen molar-refractivity contribution in [3.05, 3.63) is 35.4 Å². The van der Waals surface area contributed by atoms with E-state index >= 15 is 0 Å². The third-order valence-electron chi connectivity index (χ3n) is 5.04. The number of hydrogen-bond acceptors (Lipinski definition) is 5. The maximum absolute atomic E-state index is 12.6. The molecule has 0 saturated heterocycles. The van der Waals surface area contributed by atoms with E-state index < -0.39 is 0 Å². The molecule has 126 valence electrons. The number of nitrogens with zero attached hydrogens (tertiary/aromatic N) is 2. The topological polar surface area (TPSA) is 90.9 Å². The average Bonchev–Trinajstić information content (AvgIpc) is 3.14. The quantitative estimate of drug-likeness (QED) is 0.723. The summed E-state index contributed by atoms with van der Waals surface area (Å²) < 4.78 is 0. The van der Waals surface area contributed by atoms with Crippen LogP contribution in [-0.2, 0) is 16.6 Å². The fraction of sp³-hybridized carbons (Fsp3) is 0.471. The molecule has 2 aliphatic carbocycles. The number of anilines is 1. The van der Waals surface area contributed by atoms with Crippen LogP contribution in [0.15, 0.2) is 29.4 Å². The van der Waals surface area contributed by atoms with Crippen molar-refractivity contribution in [1.82, 2.24) is 15.2 Å². The molecule has 0 aliphatic heterocycles. The van der Waals surface area contributed by atoms with Gasteiger partial charge in [0.15, 0.2) is 0 Å². The van der Waals surface area contributed by atoms with Gasteiger partial charge in [-0.1, -0.05) is 36.0 Å². The number of amides is 1. The summed E-state index contributed by atoms with van der Waals surface area (Å²) in [7, 11) is 0. The molecule has 1 fully saturated rings. The highest BCUT2D eigenvalue weighted by Gasteiger charge is 2.60. The SMILES string of the molecule is O=C(Nc1nc(SCCO)n[nH]1)[C@H]1C[C@]12CCCc1ccccc12. The number of thioether (sulfide) groups is 1. The normalized spacial score (nSPS) is 24.6. The molecule has 24 heavy (non-hydrogen) atoms. The molecule has 1 amide bonds. The summed E-state index contributed by atoms with van der Waals surface area (Å²) in [5.41, 5.74) is 2.77. The molecule has 2 aliphatic rings. The number of aliphatic hydroxyl groups is 1. The van der Waals surface area contributed by atoms with E-state index in [1.54, 1.807) is 0 Å². The summed E-state index contributed by atoms with van der Waals surface area (Å²) in [6.45, 7) is 0.0743. The lowest BCUT2D eigenvalue weighted by Crippen LogP contribution is -2.25. The maximum atomic E-state index is 12.6. The van der Waals surface area contributed by atoms with Crippen molar-refractivity contribution in [2.45, 2.75) is 36.3 Å². The highest BCUT2D eigenvalue weighted by molar-refractivity contribution is 7.99. The molecule has 0 unspecified atom stereocenters. The summed E-state index contributed by atoms with van der Waals surface area (Å²) in [5, 5.41) is 19.0. The van der Waals surface area contributed by atoms with Gasteiger partial charge in [0.25, 0.3) is 0 Å². The van der Waals surface area contributed by atoms with Crippen LogP contribution in [0, 0.1) is 5.92 Å². The van der Waals surface area contributed by atoms with Gasteiger partial charge in [-0.2, -0.15) is 4.98 Å². The van der Waals surface area contributed by atoms with Crippen LogP contribution in [0.3, 0.4) is 0 Å². The second kappa shape index (κ2) is 6.22. The number of aromatic nitrogens is 3. The van der Waals surface area contributed by atoms with Crippen molar-refractivity contribution in [3.8, 4) is 0 Å². The Morgan fingerprint density at radius 1 is 1.46 bits per heavy atom. The number of benzene rings is 1. The Bertz CT molecular complexity index is 763. The summed E-state index contributed by atoms with van der Waals surface area (Å²) in [6.07, 6.45) is 4.25. The first-order valence-corrected chi connectivity index (χ1v) is 9.27. The summed E-state index contributed by atoms with van der Waals surface area (Å²) in [4.78, 5) is 16.9. The van der Waals surface area contributed by atoms with Crippen molar-refractivity contribution in [2.24, 2.45) is 5.92 Å². The minimum atomic E-state index is 0.0117. The highest BCUT2D eigenvalue weighted by atomic mass is 32.2. The van der Waals surface area contributed by atoms with E-state index in [1.165, 1.54) is 22.9 Å². The van der Waals surface area contributed by atoms with Crippen LogP contribution < -0.4 is 5.32 Å². The first-order valence-electron chi connectivity index (χ1n) is 8.28. The summed E-state index contributed by atoms with van der Waals surface area (Å²) >= 11 is 1.35. The molecular formula is C17H20N4O2S. The third kappa shape index (κ3) is 2.71. The van der Waals surface area contributed by atoms with Gasteiger partial charge in [-0.15, -0.1) is 5.10 Å². The van der Waals surface area contributed by atoms with Gasteiger partial charge in [0.05, 0.1) is 6.61 Å². The Labute approximate surface area is 144 Å². The van der Waals surface area contributed by atoms with Gasteiger partial charge in [0.2, 0.25) is 17.0 Å². The highest BCUT2D eigenvalue weighted by Crippen LogP contribution is 2.60. The smallest absolute Gasteiger partial charge is 0.230 e. The Hall–Kier alpha value is -1.86. The summed E-state index contributed by atoms with van der Waals surface area (Å²) in [5.74, 6) is 0.944. The molecule has 2 atom stereocenters. The zero-order valence-corrected chi connectivity index (χ0v) is 14.1. The lowest BCUT2D eigenvalue weighted by molar-refractivity contribution is -0.117. The Morgan fingerprint density at radius 2 is 2.33 bits per heavy atom. The minimum Gasteiger partial charge on any atom is -0.396 e. The van der Waals surface area contributed by atoms with E-state index in [0.717, 1.165) is 25.7 Å². The number of H-pyrrole nitrogens is 1. The predicted molar refractivity (Wildman–Crippen MR) is 92.0 cm³/mol. The molecule has 1 aromatic heterocycles. The van der Waals surface area contributed by atoms with E-state index in [1.807, 2.05) is 0 Å². The molecule has 2 aromatic rings. The molecule has 1 aromatic carbocycles. The molecule has 4 rings (SSSR count). The molecule has 1 heterocycles. The molecule has 0 bridgehead atoms. The van der Waals surface area contributed by atoms with Gasteiger partial charge in [-0.25, -0.2) is 5.10 Å². The van der Waals surface area contributed by atoms with Gasteiger partial charge >= 0.3 is 0 Å². The van der Waals surface area contributed by atoms with E-state index in [4.69, 9.17) is 5.11 Å². The fourth-order valence-corrected chi connectivity index (χ4v) is 4.42. The zero-order valence-electron chi connectivity index (χ0n) is 13.3. The second-order valence-electron chi connectivity index (χ2n) is 6.45. The Morgan fingerprint density at radius 3 is 3.21 bits per heavy atom. The number of aryl methyl sites for hydroxylation is 1. The van der Waals surface area contributed by atoms with Gasteiger partial charge < -0.3 is 5.11 Å². The first kappa shape index (κ1) is 15.7. The lowest BCUT2D eigenvalue weighted by Gasteiger charge is -2.26. The van der Waals surface area contributed by atoms with Crippen molar-refractivity contribution < 1.29 is 9.90 Å². The lowest BCUT2D eigenvalue weighted by atomic mass is 9.78. The summed E-state index contributed by atoms with van der Waals surface area (Å²) in [6, 6.07) is 8.51. The second-order valence-corrected chi connectivity index (χ2v) is 7.51. The maximum Gasteiger partial charge on any atom is 0.230 e. The molecule has 1 spiro atoms. The number of carbonyl (C=O) groups excluding carboxylic acids is 1. The van der Waals surface area contributed by atoms with Gasteiger partial charge in [-0.05, 0) is 36.8 Å². The predicted octanol–water partition coefficient (Wildman–Crippen LogP) is 2.12. The molecular weight excluding hydrogens is 324 g/mol. The van der Waals surface area contributed by atoms with Gasteiger partial charge in [0.1, 0.15) is 0 Å². The number of hydrogen-bond donors (Lipinski definition) is 3. The molecule has 3 N–H and O–H groups in total. The fourth-order valence-electron chi connectivity index (χ4n) is 3.88. The van der Waals surface area contributed by atoms with Gasteiger partial charge in [-0.3, -0.25) is 10.1 Å². The number of carbonyl (C=O) groups is 1. The molecule has 6 nitrogen and oxygen atoms in total. The molecule has 0 radical (unpaired) electrons. The molecule has 1 saturated carbocycles. The minimum absolute atomic E-state index is 0.0117. The largest absolute Gasteiger partial charge is 0.396 e. The molecule has 7 heteroatoms. The number of fused-ring (bicyclic) bond motifs is 2.